The van der Waals surface area contributed by atoms with E-state index >= 15 is 0 Å². The minimum absolute atomic E-state index is 0.0720. The molecule has 0 bridgehead atoms. The summed E-state index contributed by atoms with van der Waals surface area (Å²) in [7, 11) is -3.64. The molecule has 7 heteroatoms. The van der Waals surface area contributed by atoms with Crippen LogP contribution in [0.3, 0.4) is 0 Å². The van der Waals surface area contributed by atoms with Crippen LogP contribution in [0.1, 0.15) is 19.8 Å². The van der Waals surface area contributed by atoms with Crippen molar-refractivity contribution >= 4 is 33.2 Å². The molecule has 0 heterocycles. The lowest BCUT2D eigenvalue weighted by atomic mass is 10.3. The van der Waals surface area contributed by atoms with Crippen molar-refractivity contribution in [1.29, 1.82) is 0 Å². The Morgan fingerprint density at radius 2 is 1.89 bits per heavy atom. The van der Waals surface area contributed by atoms with Crippen molar-refractivity contribution in [2.75, 3.05) is 19.7 Å². The van der Waals surface area contributed by atoms with E-state index in [0.29, 0.717) is 11.6 Å². The van der Waals surface area contributed by atoms with Crippen molar-refractivity contribution in [3.63, 3.8) is 0 Å². The van der Waals surface area contributed by atoms with Crippen molar-refractivity contribution in [2.45, 2.75) is 24.7 Å². The topological polar surface area (TPSA) is 57.6 Å². The average molecular weight is 326 g/mol. The van der Waals surface area contributed by atoms with Gasteiger partial charge < -0.3 is 5.11 Å². The third-order valence-corrected chi connectivity index (χ3v) is 5.27. The van der Waals surface area contributed by atoms with E-state index in [9.17, 15) is 8.42 Å². The summed E-state index contributed by atoms with van der Waals surface area (Å²) in [6, 6.07) is 4.20. The van der Waals surface area contributed by atoms with E-state index in [0.717, 1.165) is 12.8 Å². The van der Waals surface area contributed by atoms with Crippen LogP contribution in [0, 0.1) is 0 Å². The number of rotatable bonds is 7. The molecule has 1 N–H and O–H groups in total. The highest BCUT2D eigenvalue weighted by Gasteiger charge is 2.24. The molecule has 0 aliphatic heterocycles. The molecule has 1 aromatic rings. The molecule has 0 spiro atoms. The molecule has 4 nitrogen and oxygen atoms in total. The van der Waals surface area contributed by atoms with Gasteiger partial charge in [-0.15, -0.1) is 0 Å². The van der Waals surface area contributed by atoms with Gasteiger partial charge in [0, 0.05) is 13.1 Å². The molecule has 0 unspecified atom stereocenters. The molecule has 0 aliphatic carbocycles. The molecular weight excluding hydrogens is 309 g/mol. The number of benzene rings is 1. The largest absolute Gasteiger partial charge is 0.395 e. The second-order valence-corrected chi connectivity index (χ2v) is 6.81. The molecule has 0 saturated carbocycles. The zero-order valence-electron chi connectivity index (χ0n) is 10.6. The van der Waals surface area contributed by atoms with Crippen LogP contribution in [0.4, 0.5) is 0 Å². The smallest absolute Gasteiger partial charge is 0.243 e. The maximum atomic E-state index is 12.4. The number of aliphatic hydroxyl groups excluding tert-OH is 1. The predicted octanol–water partition coefficient (Wildman–Crippen LogP) is 2.78. The molecule has 0 amide bonds. The summed E-state index contributed by atoms with van der Waals surface area (Å²) >= 11 is 11.6. The summed E-state index contributed by atoms with van der Waals surface area (Å²) in [5.74, 6) is 0. The normalized spacial score (nSPS) is 12.1. The average Bonchev–Trinajstić information content (AvgIpc) is 2.37. The fraction of sp³-hybridized carbons (Fsp3) is 0.500. The highest BCUT2D eigenvalue weighted by Crippen LogP contribution is 2.26. The molecule has 0 atom stereocenters. The zero-order valence-corrected chi connectivity index (χ0v) is 13.0. The van der Waals surface area contributed by atoms with Gasteiger partial charge in [-0.25, -0.2) is 8.42 Å². The van der Waals surface area contributed by atoms with Gasteiger partial charge in [0.1, 0.15) is 0 Å². The van der Waals surface area contributed by atoms with Crippen molar-refractivity contribution in [3.8, 4) is 0 Å². The first kappa shape index (κ1) is 16.7. The first-order valence-corrected chi connectivity index (χ1v) is 8.19. The summed E-state index contributed by atoms with van der Waals surface area (Å²) in [5, 5.41) is 9.50. The first-order chi connectivity index (χ1) is 8.93. The first-order valence-electron chi connectivity index (χ1n) is 5.99. The molecule has 0 aliphatic rings. The fourth-order valence-corrected chi connectivity index (χ4v) is 3.44. The van der Waals surface area contributed by atoms with Crippen LogP contribution in [0.5, 0.6) is 0 Å². The standard InChI is InChI=1S/C12H17Cl2NO3S/c1-2-3-6-15(7-8-16)19(17,18)10-4-5-11(13)12(14)9-10/h4-5,9,16H,2-3,6-8H2,1H3. The van der Waals surface area contributed by atoms with E-state index in [1.54, 1.807) is 0 Å². The minimum atomic E-state index is -3.64. The Morgan fingerprint density at radius 1 is 1.21 bits per heavy atom. The highest BCUT2D eigenvalue weighted by atomic mass is 35.5. The Bertz CT molecular complexity index is 520. The van der Waals surface area contributed by atoms with Crippen LogP contribution in [0.25, 0.3) is 0 Å². The van der Waals surface area contributed by atoms with Crippen LogP contribution in [-0.4, -0.2) is 37.5 Å². The number of nitrogens with zero attached hydrogens (tertiary/aromatic N) is 1. The molecule has 19 heavy (non-hydrogen) atoms. The van der Waals surface area contributed by atoms with Gasteiger partial charge in [0.15, 0.2) is 0 Å². The van der Waals surface area contributed by atoms with Gasteiger partial charge in [0.05, 0.1) is 21.5 Å². The summed E-state index contributed by atoms with van der Waals surface area (Å²) < 4.78 is 26.1. The number of unbranched alkanes of at least 4 members (excludes halogenated alkanes) is 1. The SMILES string of the molecule is CCCCN(CCO)S(=O)(=O)c1ccc(Cl)c(Cl)c1. The van der Waals surface area contributed by atoms with E-state index in [4.69, 9.17) is 28.3 Å². The summed E-state index contributed by atoms with van der Waals surface area (Å²) in [4.78, 5) is 0.0893. The lowest BCUT2D eigenvalue weighted by molar-refractivity contribution is 0.252. The van der Waals surface area contributed by atoms with Gasteiger partial charge in [0.2, 0.25) is 10.0 Å². The Hall–Kier alpha value is -0.330. The number of sulfonamides is 1. The summed E-state index contributed by atoms with van der Waals surface area (Å²) in [5.41, 5.74) is 0. The van der Waals surface area contributed by atoms with Gasteiger partial charge in [-0.2, -0.15) is 4.31 Å². The Labute approximate surface area is 124 Å². The molecule has 0 aromatic heterocycles. The maximum Gasteiger partial charge on any atom is 0.243 e. The second kappa shape index (κ2) is 7.45. The number of hydrogen-bond acceptors (Lipinski definition) is 3. The summed E-state index contributed by atoms with van der Waals surface area (Å²) in [6.45, 7) is 2.20. The Morgan fingerprint density at radius 3 is 2.42 bits per heavy atom. The van der Waals surface area contributed by atoms with Crippen molar-refractivity contribution in [3.05, 3.63) is 28.2 Å². The highest BCUT2D eigenvalue weighted by molar-refractivity contribution is 7.89. The molecule has 1 aromatic carbocycles. The molecule has 1 rings (SSSR count). The molecule has 108 valence electrons. The molecule has 0 radical (unpaired) electrons. The monoisotopic (exact) mass is 325 g/mol. The van der Waals surface area contributed by atoms with Crippen LogP contribution in [0.2, 0.25) is 10.0 Å². The lowest BCUT2D eigenvalue weighted by Gasteiger charge is -2.21. The van der Waals surface area contributed by atoms with Crippen LogP contribution in [0.15, 0.2) is 23.1 Å². The quantitative estimate of drug-likeness (QED) is 0.838. The molecular formula is C12H17Cl2NO3S. The van der Waals surface area contributed by atoms with E-state index in [1.807, 2.05) is 6.92 Å². The van der Waals surface area contributed by atoms with Gasteiger partial charge in [-0.05, 0) is 24.6 Å². The van der Waals surface area contributed by atoms with Crippen molar-refractivity contribution in [2.24, 2.45) is 0 Å². The van der Waals surface area contributed by atoms with Crippen LogP contribution in [-0.2, 0) is 10.0 Å². The van der Waals surface area contributed by atoms with E-state index in [1.165, 1.54) is 22.5 Å². The van der Waals surface area contributed by atoms with E-state index in [2.05, 4.69) is 0 Å². The van der Waals surface area contributed by atoms with Gasteiger partial charge in [0.25, 0.3) is 0 Å². The van der Waals surface area contributed by atoms with Crippen molar-refractivity contribution in [1.82, 2.24) is 4.31 Å². The molecule has 0 saturated heterocycles. The van der Waals surface area contributed by atoms with Crippen LogP contribution >= 0.6 is 23.2 Å². The summed E-state index contributed by atoms with van der Waals surface area (Å²) in [6.07, 6.45) is 1.61. The maximum absolute atomic E-state index is 12.4. The van der Waals surface area contributed by atoms with Gasteiger partial charge in [-0.1, -0.05) is 36.5 Å². The second-order valence-electron chi connectivity index (χ2n) is 4.06. The number of hydrogen-bond donors (Lipinski definition) is 1. The Kier molecular flexibility index (Phi) is 6.56. The van der Waals surface area contributed by atoms with Crippen molar-refractivity contribution < 1.29 is 13.5 Å². The molecule has 0 fully saturated rings. The third-order valence-electron chi connectivity index (χ3n) is 2.64. The van der Waals surface area contributed by atoms with E-state index in [-0.39, 0.29) is 23.1 Å². The van der Waals surface area contributed by atoms with Crippen LogP contribution < -0.4 is 0 Å². The fourth-order valence-electron chi connectivity index (χ4n) is 1.58. The number of aliphatic hydroxyl groups is 1. The zero-order chi connectivity index (χ0) is 14.5. The van der Waals surface area contributed by atoms with E-state index < -0.39 is 10.0 Å². The lowest BCUT2D eigenvalue weighted by Crippen LogP contribution is -2.34. The third kappa shape index (κ3) is 4.33. The predicted molar refractivity (Wildman–Crippen MR) is 77.2 cm³/mol. The van der Waals surface area contributed by atoms with Gasteiger partial charge in [-0.3, -0.25) is 0 Å². The minimum Gasteiger partial charge on any atom is -0.395 e. The number of halogens is 2. The Balaban J connectivity index is 3.07. The van der Waals surface area contributed by atoms with Gasteiger partial charge >= 0.3 is 0 Å².